The van der Waals surface area contributed by atoms with Crippen molar-refractivity contribution in [1.82, 2.24) is 9.97 Å². The first kappa shape index (κ1) is 12.4. The molecule has 0 aliphatic rings. The number of ether oxygens (including phenoxy) is 1. The molecule has 0 aliphatic heterocycles. The largest absolute Gasteiger partial charge is 0.497 e. The lowest BCUT2D eigenvalue weighted by Crippen LogP contribution is -2.01. The zero-order chi connectivity index (χ0) is 13.0. The molecule has 92 valence electrons. The van der Waals surface area contributed by atoms with Gasteiger partial charge in [-0.25, -0.2) is 14.8 Å². The van der Waals surface area contributed by atoms with Gasteiger partial charge < -0.3 is 9.84 Å². The quantitative estimate of drug-likeness (QED) is 0.853. The molecule has 2 rings (SSSR count). The van der Waals surface area contributed by atoms with Crippen LogP contribution in [0, 0.1) is 0 Å². The average Bonchev–Trinajstić information content (AvgIpc) is 2.39. The van der Waals surface area contributed by atoms with Crippen LogP contribution in [0.4, 0.5) is 0 Å². The number of hydrogen-bond donors (Lipinski definition) is 1. The van der Waals surface area contributed by atoms with E-state index in [0.717, 1.165) is 10.6 Å². The number of carboxylic acid groups (broad SMARTS) is 1. The van der Waals surface area contributed by atoms with Gasteiger partial charge in [0.15, 0.2) is 10.9 Å². The summed E-state index contributed by atoms with van der Waals surface area (Å²) in [6, 6.07) is 8.75. The lowest BCUT2D eigenvalue weighted by atomic mass is 10.3. The first-order valence-corrected chi connectivity index (χ1v) is 5.89. The van der Waals surface area contributed by atoms with E-state index in [4.69, 9.17) is 9.84 Å². The molecule has 6 heteroatoms. The van der Waals surface area contributed by atoms with Crippen LogP contribution in [0.15, 0.2) is 46.6 Å². The summed E-state index contributed by atoms with van der Waals surface area (Å²) >= 11 is 1.28. The van der Waals surface area contributed by atoms with E-state index in [0.29, 0.717) is 5.16 Å². The van der Waals surface area contributed by atoms with Gasteiger partial charge in [-0.3, -0.25) is 0 Å². The van der Waals surface area contributed by atoms with Crippen molar-refractivity contribution >= 4 is 17.7 Å². The molecule has 1 aromatic heterocycles. The normalized spacial score (nSPS) is 10.1. The number of aromatic carboxylic acids is 1. The Morgan fingerprint density at radius 1 is 1.39 bits per heavy atom. The molecule has 1 aromatic carbocycles. The SMILES string of the molecule is COc1cccc(Sc2nccc(C(=O)O)n2)c1. The fraction of sp³-hybridized carbons (Fsp3) is 0.0833. The van der Waals surface area contributed by atoms with Crippen LogP contribution in [0.1, 0.15) is 10.5 Å². The monoisotopic (exact) mass is 262 g/mol. The summed E-state index contributed by atoms with van der Waals surface area (Å²) in [6.07, 6.45) is 1.43. The van der Waals surface area contributed by atoms with E-state index >= 15 is 0 Å². The molecule has 0 bridgehead atoms. The number of carbonyl (C=O) groups is 1. The summed E-state index contributed by atoms with van der Waals surface area (Å²) in [5, 5.41) is 9.23. The highest BCUT2D eigenvalue weighted by Crippen LogP contribution is 2.27. The molecule has 0 unspecified atom stereocenters. The first-order chi connectivity index (χ1) is 8.69. The zero-order valence-corrected chi connectivity index (χ0v) is 10.3. The van der Waals surface area contributed by atoms with Gasteiger partial charge in [0.1, 0.15) is 5.75 Å². The lowest BCUT2D eigenvalue weighted by molar-refractivity contribution is 0.0689. The Kier molecular flexibility index (Phi) is 3.78. The number of carboxylic acids is 1. The van der Waals surface area contributed by atoms with Crippen molar-refractivity contribution in [3.05, 3.63) is 42.2 Å². The number of nitrogens with zero attached hydrogens (tertiary/aromatic N) is 2. The maximum Gasteiger partial charge on any atom is 0.354 e. The zero-order valence-electron chi connectivity index (χ0n) is 9.53. The molecular formula is C12H10N2O3S. The van der Waals surface area contributed by atoms with Crippen molar-refractivity contribution in [2.75, 3.05) is 7.11 Å². The number of hydrogen-bond acceptors (Lipinski definition) is 5. The van der Waals surface area contributed by atoms with Crippen LogP contribution in [0.25, 0.3) is 0 Å². The Bertz CT molecular complexity index is 575. The Morgan fingerprint density at radius 2 is 2.22 bits per heavy atom. The highest BCUT2D eigenvalue weighted by molar-refractivity contribution is 7.99. The van der Waals surface area contributed by atoms with Crippen molar-refractivity contribution in [1.29, 1.82) is 0 Å². The van der Waals surface area contributed by atoms with Crippen molar-refractivity contribution in [3.8, 4) is 5.75 Å². The Morgan fingerprint density at radius 3 is 2.94 bits per heavy atom. The van der Waals surface area contributed by atoms with Crippen LogP contribution < -0.4 is 4.74 Å². The molecular weight excluding hydrogens is 252 g/mol. The van der Waals surface area contributed by atoms with Gasteiger partial charge in [-0.2, -0.15) is 0 Å². The minimum absolute atomic E-state index is 0.0182. The van der Waals surface area contributed by atoms with Crippen LogP contribution in [-0.2, 0) is 0 Å². The van der Waals surface area contributed by atoms with Crippen LogP contribution in [-0.4, -0.2) is 28.2 Å². The lowest BCUT2D eigenvalue weighted by Gasteiger charge is -2.03. The highest BCUT2D eigenvalue weighted by atomic mass is 32.2. The van der Waals surface area contributed by atoms with E-state index in [9.17, 15) is 4.79 Å². The third-order valence-corrected chi connectivity index (χ3v) is 2.97. The molecule has 0 amide bonds. The second kappa shape index (κ2) is 5.50. The maximum atomic E-state index is 10.8. The summed E-state index contributed by atoms with van der Waals surface area (Å²) in [5.41, 5.74) is -0.0182. The summed E-state index contributed by atoms with van der Waals surface area (Å²) < 4.78 is 5.11. The number of rotatable bonds is 4. The fourth-order valence-corrected chi connectivity index (χ4v) is 2.07. The molecule has 2 aromatic rings. The van der Waals surface area contributed by atoms with Crippen LogP contribution >= 0.6 is 11.8 Å². The van der Waals surface area contributed by atoms with E-state index in [1.54, 1.807) is 7.11 Å². The van der Waals surface area contributed by atoms with Crippen molar-refractivity contribution in [2.45, 2.75) is 10.1 Å². The summed E-state index contributed by atoms with van der Waals surface area (Å²) in [6.45, 7) is 0. The number of benzene rings is 1. The summed E-state index contributed by atoms with van der Waals surface area (Å²) in [4.78, 5) is 19.6. The third kappa shape index (κ3) is 2.98. The molecule has 1 N–H and O–H groups in total. The molecule has 0 fully saturated rings. The minimum atomic E-state index is -1.06. The van der Waals surface area contributed by atoms with Gasteiger partial charge in [0.05, 0.1) is 7.11 Å². The second-order valence-electron chi connectivity index (χ2n) is 3.31. The number of aromatic nitrogens is 2. The van der Waals surface area contributed by atoms with Crippen molar-refractivity contribution in [2.24, 2.45) is 0 Å². The van der Waals surface area contributed by atoms with E-state index in [1.165, 1.54) is 24.0 Å². The topological polar surface area (TPSA) is 72.3 Å². The molecule has 0 radical (unpaired) electrons. The van der Waals surface area contributed by atoms with Crippen molar-refractivity contribution < 1.29 is 14.6 Å². The molecule has 0 atom stereocenters. The second-order valence-corrected chi connectivity index (χ2v) is 4.35. The predicted molar refractivity (Wildman–Crippen MR) is 66.1 cm³/mol. The van der Waals surface area contributed by atoms with E-state index in [1.807, 2.05) is 24.3 Å². The molecule has 0 saturated carbocycles. The van der Waals surface area contributed by atoms with Crippen LogP contribution in [0.3, 0.4) is 0 Å². The average molecular weight is 262 g/mol. The molecule has 0 spiro atoms. The van der Waals surface area contributed by atoms with E-state index in [2.05, 4.69) is 9.97 Å². The molecule has 5 nitrogen and oxygen atoms in total. The highest BCUT2D eigenvalue weighted by Gasteiger charge is 2.07. The van der Waals surface area contributed by atoms with Crippen LogP contribution in [0.2, 0.25) is 0 Å². The molecule has 0 saturated heterocycles. The Labute approximate surface area is 108 Å². The molecule has 0 aliphatic carbocycles. The smallest absolute Gasteiger partial charge is 0.354 e. The Balaban J connectivity index is 2.22. The fourth-order valence-electron chi connectivity index (χ4n) is 1.28. The Hall–Kier alpha value is -2.08. The van der Waals surface area contributed by atoms with Gasteiger partial charge in [0, 0.05) is 11.1 Å². The van der Waals surface area contributed by atoms with Gasteiger partial charge in [-0.05, 0) is 36.0 Å². The summed E-state index contributed by atoms with van der Waals surface area (Å²) in [7, 11) is 1.59. The van der Waals surface area contributed by atoms with Crippen LogP contribution in [0.5, 0.6) is 5.75 Å². The standard InChI is InChI=1S/C12H10N2O3S/c1-17-8-3-2-4-9(7-8)18-12-13-6-5-10(14-12)11(15)16/h2-7H,1H3,(H,15,16). The first-order valence-electron chi connectivity index (χ1n) is 5.07. The number of methoxy groups -OCH3 is 1. The van der Waals surface area contributed by atoms with E-state index < -0.39 is 5.97 Å². The molecule has 1 heterocycles. The van der Waals surface area contributed by atoms with Gasteiger partial charge in [-0.15, -0.1) is 0 Å². The minimum Gasteiger partial charge on any atom is -0.497 e. The van der Waals surface area contributed by atoms with Gasteiger partial charge in [-0.1, -0.05) is 6.07 Å². The predicted octanol–water partition coefficient (Wildman–Crippen LogP) is 2.33. The van der Waals surface area contributed by atoms with Gasteiger partial charge >= 0.3 is 5.97 Å². The van der Waals surface area contributed by atoms with E-state index in [-0.39, 0.29) is 5.69 Å². The molecule has 18 heavy (non-hydrogen) atoms. The van der Waals surface area contributed by atoms with Gasteiger partial charge in [0.2, 0.25) is 0 Å². The van der Waals surface area contributed by atoms with Gasteiger partial charge in [0.25, 0.3) is 0 Å². The van der Waals surface area contributed by atoms with Crippen molar-refractivity contribution in [3.63, 3.8) is 0 Å². The maximum absolute atomic E-state index is 10.8. The summed E-state index contributed by atoms with van der Waals surface area (Å²) in [5.74, 6) is -0.334. The third-order valence-electron chi connectivity index (χ3n) is 2.10.